The molecule has 0 aliphatic carbocycles. The SMILES string of the molecule is CCc1ccc([C@H](NCC(=O)NCc2ccccc2F)C(C)C)cc1. The van der Waals surface area contributed by atoms with E-state index >= 15 is 0 Å². The maximum Gasteiger partial charge on any atom is 0.234 e. The Hall–Kier alpha value is -2.20. The molecular formula is C21H27FN2O. The van der Waals surface area contributed by atoms with Crippen LogP contribution >= 0.6 is 0 Å². The summed E-state index contributed by atoms with van der Waals surface area (Å²) in [5.41, 5.74) is 2.97. The van der Waals surface area contributed by atoms with Gasteiger partial charge in [0.25, 0.3) is 0 Å². The van der Waals surface area contributed by atoms with Crippen molar-refractivity contribution in [1.82, 2.24) is 10.6 Å². The van der Waals surface area contributed by atoms with Gasteiger partial charge in [0.15, 0.2) is 0 Å². The maximum atomic E-state index is 13.6. The van der Waals surface area contributed by atoms with Gasteiger partial charge in [0.1, 0.15) is 5.82 Å². The number of aryl methyl sites for hydroxylation is 1. The molecule has 0 aromatic heterocycles. The number of rotatable bonds is 8. The Morgan fingerprint density at radius 3 is 2.36 bits per heavy atom. The monoisotopic (exact) mass is 342 g/mol. The average Bonchev–Trinajstić information content (AvgIpc) is 2.61. The highest BCUT2D eigenvalue weighted by Crippen LogP contribution is 2.22. The van der Waals surface area contributed by atoms with Crippen LogP contribution in [0.15, 0.2) is 48.5 Å². The standard InChI is InChI=1S/C21H27FN2O/c1-4-16-9-11-17(12-10-16)21(15(2)3)24-14-20(25)23-13-18-7-5-6-8-19(18)22/h5-12,15,21,24H,4,13-14H2,1-3H3,(H,23,25)/t21-/m1/s1. The summed E-state index contributed by atoms with van der Waals surface area (Å²) in [4.78, 5) is 12.1. The average molecular weight is 342 g/mol. The second-order valence-corrected chi connectivity index (χ2v) is 6.57. The minimum atomic E-state index is -0.299. The number of halogens is 1. The molecule has 0 aliphatic heterocycles. The third kappa shape index (κ3) is 5.68. The lowest BCUT2D eigenvalue weighted by atomic mass is 9.95. The van der Waals surface area contributed by atoms with Gasteiger partial charge in [0, 0.05) is 18.2 Å². The molecule has 2 rings (SSSR count). The molecular weight excluding hydrogens is 315 g/mol. The smallest absolute Gasteiger partial charge is 0.234 e. The van der Waals surface area contributed by atoms with Crippen molar-refractivity contribution >= 4 is 5.91 Å². The van der Waals surface area contributed by atoms with Gasteiger partial charge in [-0.1, -0.05) is 63.2 Å². The third-order valence-corrected chi connectivity index (χ3v) is 4.33. The fourth-order valence-corrected chi connectivity index (χ4v) is 2.80. The number of benzene rings is 2. The van der Waals surface area contributed by atoms with E-state index in [1.165, 1.54) is 17.2 Å². The van der Waals surface area contributed by atoms with Crippen molar-refractivity contribution in [2.75, 3.05) is 6.54 Å². The summed E-state index contributed by atoms with van der Waals surface area (Å²) in [7, 11) is 0. The number of carbonyl (C=O) groups is 1. The van der Waals surface area contributed by atoms with Crippen LogP contribution in [-0.2, 0) is 17.8 Å². The van der Waals surface area contributed by atoms with E-state index in [1.807, 2.05) is 0 Å². The van der Waals surface area contributed by atoms with Gasteiger partial charge in [-0.15, -0.1) is 0 Å². The van der Waals surface area contributed by atoms with E-state index in [0.717, 1.165) is 6.42 Å². The van der Waals surface area contributed by atoms with Gasteiger partial charge < -0.3 is 10.6 Å². The Morgan fingerprint density at radius 2 is 1.76 bits per heavy atom. The van der Waals surface area contributed by atoms with E-state index in [-0.39, 0.29) is 30.9 Å². The summed E-state index contributed by atoms with van der Waals surface area (Å²) in [6.07, 6.45) is 1.01. The minimum absolute atomic E-state index is 0.102. The summed E-state index contributed by atoms with van der Waals surface area (Å²) >= 11 is 0. The first-order valence-electron chi connectivity index (χ1n) is 8.83. The molecule has 0 bridgehead atoms. The molecule has 2 N–H and O–H groups in total. The number of hydrogen-bond acceptors (Lipinski definition) is 2. The van der Waals surface area contributed by atoms with Gasteiger partial charge >= 0.3 is 0 Å². The topological polar surface area (TPSA) is 41.1 Å². The first-order chi connectivity index (χ1) is 12.0. The highest BCUT2D eigenvalue weighted by molar-refractivity contribution is 5.78. The molecule has 0 spiro atoms. The van der Waals surface area contributed by atoms with Crippen LogP contribution in [0.3, 0.4) is 0 Å². The van der Waals surface area contributed by atoms with Crippen LogP contribution < -0.4 is 10.6 Å². The molecule has 1 atom stereocenters. The summed E-state index contributed by atoms with van der Waals surface area (Å²) in [6.45, 7) is 6.79. The second-order valence-electron chi connectivity index (χ2n) is 6.57. The number of amides is 1. The molecule has 2 aromatic rings. The van der Waals surface area contributed by atoms with Crippen LogP contribution in [0.25, 0.3) is 0 Å². The molecule has 25 heavy (non-hydrogen) atoms. The summed E-state index contributed by atoms with van der Waals surface area (Å²) in [5, 5.41) is 6.08. The minimum Gasteiger partial charge on any atom is -0.351 e. The molecule has 1 amide bonds. The van der Waals surface area contributed by atoms with Crippen LogP contribution in [0.2, 0.25) is 0 Å². The molecule has 4 heteroatoms. The Kier molecular flexibility index (Phi) is 7.14. The fraction of sp³-hybridized carbons (Fsp3) is 0.381. The highest BCUT2D eigenvalue weighted by Gasteiger charge is 2.16. The Labute approximate surface area is 149 Å². The zero-order valence-corrected chi connectivity index (χ0v) is 15.2. The lowest BCUT2D eigenvalue weighted by Crippen LogP contribution is -2.37. The number of hydrogen-bond donors (Lipinski definition) is 2. The van der Waals surface area contributed by atoms with Crippen molar-refractivity contribution < 1.29 is 9.18 Å². The van der Waals surface area contributed by atoms with E-state index in [9.17, 15) is 9.18 Å². The van der Waals surface area contributed by atoms with Gasteiger partial charge in [-0.2, -0.15) is 0 Å². The van der Waals surface area contributed by atoms with Crippen molar-refractivity contribution in [2.45, 2.75) is 39.8 Å². The van der Waals surface area contributed by atoms with E-state index in [1.54, 1.807) is 18.2 Å². The quantitative estimate of drug-likeness (QED) is 0.761. The maximum absolute atomic E-state index is 13.6. The van der Waals surface area contributed by atoms with Crippen LogP contribution in [0.5, 0.6) is 0 Å². The van der Waals surface area contributed by atoms with Gasteiger partial charge in [-0.05, 0) is 29.5 Å². The molecule has 0 aliphatic rings. The Balaban J connectivity index is 1.89. The molecule has 0 fully saturated rings. The lowest BCUT2D eigenvalue weighted by molar-refractivity contribution is -0.120. The molecule has 2 aromatic carbocycles. The number of nitrogens with one attached hydrogen (secondary N) is 2. The summed E-state index contributed by atoms with van der Waals surface area (Å²) in [6, 6.07) is 15.1. The molecule has 0 saturated carbocycles. The van der Waals surface area contributed by atoms with Gasteiger partial charge in [0.2, 0.25) is 5.91 Å². The zero-order chi connectivity index (χ0) is 18.2. The summed E-state index contributed by atoms with van der Waals surface area (Å²) in [5.74, 6) is -0.0854. The molecule has 3 nitrogen and oxygen atoms in total. The predicted octanol–water partition coefficient (Wildman–Crippen LogP) is 3.99. The first-order valence-corrected chi connectivity index (χ1v) is 8.83. The molecule has 0 saturated heterocycles. The van der Waals surface area contributed by atoms with Crippen molar-refractivity contribution in [3.63, 3.8) is 0 Å². The Bertz CT molecular complexity index is 683. The fourth-order valence-electron chi connectivity index (χ4n) is 2.80. The summed E-state index contributed by atoms with van der Waals surface area (Å²) < 4.78 is 13.6. The van der Waals surface area contributed by atoms with E-state index < -0.39 is 0 Å². The van der Waals surface area contributed by atoms with Crippen molar-refractivity contribution in [1.29, 1.82) is 0 Å². The Morgan fingerprint density at radius 1 is 1.08 bits per heavy atom. The van der Waals surface area contributed by atoms with Gasteiger partial charge in [-0.25, -0.2) is 4.39 Å². The molecule has 0 radical (unpaired) electrons. The lowest BCUT2D eigenvalue weighted by Gasteiger charge is -2.23. The number of carbonyl (C=O) groups excluding carboxylic acids is 1. The first kappa shape index (κ1) is 19.1. The second kappa shape index (κ2) is 9.33. The molecule has 134 valence electrons. The molecule has 0 unspecified atom stereocenters. The van der Waals surface area contributed by atoms with E-state index in [4.69, 9.17) is 0 Å². The van der Waals surface area contributed by atoms with Crippen LogP contribution in [0.4, 0.5) is 4.39 Å². The van der Waals surface area contributed by atoms with Gasteiger partial charge in [-0.3, -0.25) is 4.79 Å². The third-order valence-electron chi connectivity index (χ3n) is 4.33. The van der Waals surface area contributed by atoms with Crippen LogP contribution in [0.1, 0.15) is 43.5 Å². The van der Waals surface area contributed by atoms with Crippen molar-refractivity contribution in [2.24, 2.45) is 5.92 Å². The van der Waals surface area contributed by atoms with Crippen LogP contribution in [-0.4, -0.2) is 12.5 Å². The van der Waals surface area contributed by atoms with Crippen molar-refractivity contribution in [3.05, 3.63) is 71.0 Å². The zero-order valence-electron chi connectivity index (χ0n) is 15.2. The van der Waals surface area contributed by atoms with Crippen molar-refractivity contribution in [3.8, 4) is 0 Å². The largest absolute Gasteiger partial charge is 0.351 e. The normalized spacial score (nSPS) is 12.2. The van der Waals surface area contributed by atoms with Gasteiger partial charge in [0.05, 0.1) is 6.54 Å². The predicted molar refractivity (Wildman–Crippen MR) is 99.6 cm³/mol. The van der Waals surface area contributed by atoms with E-state index in [0.29, 0.717) is 11.5 Å². The highest BCUT2D eigenvalue weighted by atomic mass is 19.1. The van der Waals surface area contributed by atoms with E-state index in [2.05, 4.69) is 55.7 Å². The van der Waals surface area contributed by atoms with Crippen LogP contribution in [0, 0.1) is 11.7 Å². The molecule has 0 heterocycles.